The van der Waals surface area contributed by atoms with Gasteiger partial charge in [0.05, 0.1) is 31.6 Å². The van der Waals surface area contributed by atoms with Gasteiger partial charge in [0.2, 0.25) is 0 Å². The maximum atomic E-state index is 13.1. The van der Waals surface area contributed by atoms with Gasteiger partial charge in [-0.3, -0.25) is 14.6 Å². The molecule has 1 amide bonds. The molecule has 0 spiro atoms. The summed E-state index contributed by atoms with van der Waals surface area (Å²) >= 11 is 0. The summed E-state index contributed by atoms with van der Waals surface area (Å²) in [6.45, 7) is 4.82. The second-order valence-electron chi connectivity index (χ2n) is 10.9. The van der Waals surface area contributed by atoms with E-state index in [-0.39, 0.29) is 23.0 Å². The number of carbonyl (C=O) groups is 2. The van der Waals surface area contributed by atoms with Gasteiger partial charge in [-0.25, -0.2) is 0 Å². The molecule has 0 atom stereocenters. The number of aromatic hydroxyl groups is 1. The number of piperazine rings is 1. The van der Waals surface area contributed by atoms with Gasteiger partial charge in [-0.1, -0.05) is 12.1 Å². The number of allylic oxidation sites excluding steroid dienone is 1. The van der Waals surface area contributed by atoms with Crippen molar-refractivity contribution in [2.75, 3.05) is 51.4 Å². The Hall–Kier alpha value is -4.83. The van der Waals surface area contributed by atoms with Crippen molar-refractivity contribution in [1.82, 2.24) is 10.6 Å². The summed E-state index contributed by atoms with van der Waals surface area (Å²) in [5.74, 6) is 0.935. The molecule has 0 radical (unpaired) electrons. The van der Waals surface area contributed by atoms with Crippen LogP contribution >= 0.6 is 0 Å². The van der Waals surface area contributed by atoms with Crippen LogP contribution in [0.1, 0.15) is 58.4 Å². The van der Waals surface area contributed by atoms with E-state index in [0.717, 1.165) is 62.9 Å². The molecule has 5 rings (SSSR count). The maximum absolute atomic E-state index is 13.1. The van der Waals surface area contributed by atoms with Crippen LogP contribution in [-0.2, 0) is 0 Å². The minimum Gasteiger partial charge on any atom is -0.504 e. The van der Waals surface area contributed by atoms with E-state index in [1.165, 1.54) is 18.9 Å². The minimum atomic E-state index is -0.349. The third kappa shape index (κ3) is 8.42. The average molecular weight is 613 g/mol. The van der Waals surface area contributed by atoms with Crippen molar-refractivity contribution in [3.8, 4) is 23.0 Å². The van der Waals surface area contributed by atoms with E-state index < -0.39 is 0 Å². The molecule has 2 heterocycles. The fourth-order valence-electron chi connectivity index (χ4n) is 5.31. The number of benzene rings is 3. The zero-order valence-electron chi connectivity index (χ0n) is 25.6. The number of rotatable bonds is 12. The normalized spacial score (nSPS) is 16.2. The van der Waals surface area contributed by atoms with E-state index >= 15 is 0 Å². The number of nitrogens with one attached hydrogen (secondary N) is 2. The standard InChI is InChI=1S/C35H40N4O6/c1-43-34-20-25(24-40)7-12-32(34)44-18-3-2-4-19-45-33-22-30-29(21-31(33)41)35(42)38-23-27(6-5-13-37-30)26-8-10-28(11-9-26)39-16-14-36-15-17-39/h7-13,20-24,36,41H,2-6,14-19H2,1H3,(H,38,42)/b27-23+,37-13?. The highest BCUT2D eigenvalue weighted by Gasteiger charge is 2.17. The van der Waals surface area contributed by atoms with Gasteiger partial charge in [0.25, 0.3) is 5.91 Å². The van der Waals surface area contributed by atoms with Gasteiger partial charge >= 0.3 is 0 Å². The number of hydrogen-bond acceptors (Lipinski definition) is 9. The smallest absolute Gasteiger partial charge is 0.257 e. The first-order valence-electron chi connectivity index (χ1n) is 15.4. The molecule has 0 bridgehead atoms. The second-order valence-corrected chi connectivity index (χ2v) is 10.9. The fourth-order valence-corrected chi connectivity index (χ4v) is 5.31. The number of phenols is 1. The van der Waals surface area contributed by atoms with E-state index in [4.69, 9.17) is 14.2 Å². The van der Waals surface area contributed by atoms with E-state index in [1.54, 1.807) is 30.5 Å². The number of aliphatic imine (C=N–C) groups is 1. The number of aldehydes is 1. The molecule has 0 unspecified atom stereocenters. The summed E-state index contributed by atoms with van der Waals surface area (Å²) < 4.78 is 16.9. The second kappa shape index (κ2) is 15.8. The highest BCUT2D eigenvalue weighted by atomic mass is 16.5. The van der Waals surface area contributed by atoms with Crippen LogP contribution in [0.15, 0.2) is 65.8 Å². The zero-order chi connectivity index (χ0) is 31.4. The molecule has 1 saturated heterocycles. The van der Waals surface area contributed by atoms with Gasteiger partial charge in [-0.15, -0.1) is 0 Å². The third-order valence-corrected chi connectivity index (χ3v) is 7.82. The number of unbranched alkanes of at least 4 members (excludes halogenated alkanes) is 2. The first-order valence-corrected chi connectivity index (χ1v) is 15.4. The monoisotopic (exact) mass is 612 g/mol. The summed E-state index contributed by atoms with van der Waals surface area (Å²) in [6.07, 6.45) is 8.11. The van der Waals surface area contributed by atoms with Crippen LogP contribution in [0.3, 0.4) is 0 Å². The van der Waals surface area contributed by atoms with Gasteiger partial charge < -0.3 is 34.9 Å². The third-order valence-electron chi connectivity index (χ3n) is 7.82. The predicted octanol–water partition coefficient (Wildman–Crippen LogP) is 5.52. The molecule has 3 aromatic rings. The minimum absolute atomic E-state index is 0.113. The summed E-state index contributed by atoms with van der Waals surface area (Å²) in [4.78, 5) is 31.0. The van der Waals surface area contributed by atoms with Crippen LogP contribution in [0.2, 0.25) is 0 Å². The predicted molar refractivity (Wildman–Crippen MR) is 176 cm³/mol. The summed E-state index contributed by atoms with van der Waals surface area (Å²) in [5.41, 5.74) is 4.50. The van der Waals surface area contributed by atoms with E-state index in [2.05, 4.69) is 44.8 Å². The Kier molecular flexibility index (Phi) is 11.1. The number of fused-ring (bicyclic) bond motifs is 1. The summed E-state index contributed by atoms with van der Waals surface area (Å²) in [6, 6.07) is 16.5. The number of hydrogen-bond donors (Lipinski definition) is 3. The van der Waals surface area contributed by atoms with Crippen LogP contribution in [0.4, 0.5) is 11.4 Å². The molecule has 2 aliphatic rings. The van der Waals surface area contributed by atoms with Crippen LogP contribution in [0.5, 0.6) is 23.0 Å². The highest BCUT2D eigenvalue weighted by Crippen LogP contribution is 2.35. The molecule has 10 heteroatoms. The topological polar surface area (TPSA) is 122 Å². The molecule has 10 nitrogen and oxygen atoms in total. The van der Waals surface area contributed by atoms with Gasteiger partial charge in [0.1, 0.15) is 6.29 Å². The average Bonchev–Trinajstić information content (AvgIpc) is 3.08. The SMILES string of the molecule is COc1cc(C=O)ccc1OCCCCCOc1cc2c(cc1O)C(=O)N/C=C(/c1ccc(N3CCNCC3)cc1)CCC=N2. The number of anilines is 1. The molecule has 0 saturated carbocycles. The van der Waals surface area contributed by atoms with E-state index in [1.807, 2.05) is 6.21 Å². The van der Waals surface area contributed by atoms with Crippen LogP contribution in [0.25, 0.3) is 5.57 Å². The Labute approximate surface area is 263 Å². The van der Waals surface area contributed by atoms with Crippen molar-refractivity contribution in [1.29, 1.82) is 0 Å². The van der Waals surface area contributed by atoms with E-state index in [9.17, 15) is 14.7 Å². The molecule has 3 aromatic carbocycles. The molecule has 45 heavy (non-hydrogen) atoms. The largest absolute Gasteiger partial charge is 0.504 e. The van der Waals surface area contributed by atoms with Crippen molar-refractivity contribution >= 4 is 35.4 Å². The Morgan fingerprint density at radius 1 is 0.933 bits per heavy atom. The van der Waals surface area contributed by atoms with E-state index in [0.29, 0.717) is 48.8 Å². The van der Waals surface area contributed by atoms with Crippen LogP contribution < -0.4 is 29.7 Å². The van der Waals surface area contributed by atoms with Gasteiger partial charge in [-0.05, 0) is 79.6 Å². The van der Waals surface area contributed by atoms with Gasteiger partial charge in [0.15, 0.2) is 23.0 Å². The number of ether oxygens (including phenoxy) is 3. The molecular formula is C35H40N4O6. The van der Waals surface area contributed by atoms with Gasteiger partial charge in [-0.2, -0.15) is 0 Å². The lowest BCUT2D eigenvalue weighted by atomic mass is 10.0. The lowest BCUT2D eigenvalue weighted by Crippen LogP contribution is -2.43. The fraction of sp³-hybridized carbons (Fsp3) is 0.343. The van der Waals surface area contributed by atoms with Crippen molar-refractivity contribution in [2.24, 2.45) is 4.99 Å². The molecule has 3 N–H and O–H groups in total. The Balaban J connectivity index is 1.13. The maximum Gasteiger partial charge on any atom is 0.257 e. The number of methoxy groups -OCH3 is 1. The Bertz CT molecular complexity index is 1530. The van der Waals surface area contributed by atoms with Crippen LogP contribution in [-0.4, -0.2) is 70.0 Å². The number of amides is 1. The number of nitrogens with zero attached hydrogens (tertiary/aromatic N) is 2. The Morgan fingerprint density at radius 2 is 1.69 bits per heavy atom. The van der Waals surface area contributed by atoms with Crippen molar-refractivity contribution in [3.05, 3.63) is 77.5 Å². The molecule has 236 valence electrons. The lowest BCUT2D eigenvalue weighted by molar-refractivity contribution is 0.0970. The molecule has 0 aliphatic carbocycles. The molecule has 2 aliphatic heterocycles. The molecule has 1 fully saturated rings. The quantitative estimate of drug-likeness (QED) is 0.181. The summed E-state index contributed by atoms with van der Waals surface area (Å²) in [7, 11) is 1.54. The van der Waals surface area contributed by atoms with Crippen molar-refractivity contribution in [2.45, 2.75) is 32.1 Å². The zero-order valence-corrected chi connectivity index (χ0v) is 25.6. The molecular weight excluding hydrogens is 572 g/mol. The van der Waals surface area contributed by atoms with Crippen LogP contribution in [0, 0.1) is 0 Å². The van der Waals surface area contributed by atoms with Gasteiger partial charge in [0, 0.05) is 55.9 Å². The molecule has 0 aromatic heterocycles. The van der Waals surface area contributed by atoms with Crippen molar-refractivity contribution in [3.63, 3.8) is 0 Å². The number of carbonyl (C=O) groups excluding carboxylic acids is 2. The Morgan fingerprint density at radius 3 is 2.42 bits per heavy atom. The summed E-state index contributed by atoms with van der Waals surface area (Å²) in [5, 5.41) is 16.9. The lowest BCUT2D eigenvalue weighted by Gasteiger charge is -2.29. The highest BCUT2D eigenvalue weighted by molar-refractivity contribution is 6.01. The van der Waals surface area contributed by atoms with Crippen molar-refractivity contribution < 1.29 is 28.9 Å². The first kappa shape index (κ1) is 31.6. The first-order chi connectivity index (χ1) is 22.1. The number of phenolic OH excluding ortho intramolecular Hbond substituents is 1.